The van der Waals surface area contributed by atoms with Crippen molar-refractivity contribution >= 4 is 5.69 Å². The fourth-order valence-electron chi connectivity index (χ4n) is 2.19. The van der Waals surface area contributed by atoms with Crippen LogP contribution in [0.4, 0.5) is 5.69 Å². The van der Waals surface area contributed by atoms with E-state index in [0.717, 1.165) is 13.1 Å². The van der Waals surface area contributed by atoms with E-state index in [1.54, 1.807) is 12.1 Å². The van der Waals surface area contributed by atoms with E-state index in [1.807, 2.05) is 0 Å². The van der Waals surface area contributed by atoms with Crippen LogP contribution in [0.5, 0.6) is 5.75 Å². The molecule has 1 saturated heterocycles. The first-order valence-corrected chi connectivity index (χ1v) is 6.79. The number of morpholine rings is 1. The predicted octanol–water partition coefficient (Wildman–Crippen LogP) is 2.08. The number of nitrogens with zero attached hydrogens (tertiary/aromatic N) is 2. The smallest absolute Gasteiger partial charge is 0.273 e. The summed E-state index contributed by atoms with van der Waals surface area (Å²) in [5.41, 5.74) is 0.0378. The molecule has 1 unspecified atom stereocenters. The standard InChI is InChI=1S/C14H20N2O4/c1-11(2)15-6-7-19-14(9-15)10-20-13-5-3-4-12(8-13)16(17)18/h3-5,8,11,14H,6-7,9-10H2,1-2H3. The van der Waals surface area contributed by atoms with Crippen molar-refractivity contribution in [2.24, 2.45) is 0 Å². The maximum atomic E-state index is 10.7. The Balaban J connectivity index is 1.88. The summed E-state index contributed by atoms with van der Waals surface area (Å²) in [6.45, 7) is 7.18. The third-order valence-electron chi connectivity index (χ3n) is 3.36. The van der Waals surface area contributed by atoms with Crippen molar-refractivity contribution in [1.29, 1.82) is 0 Å². The summed E-state index contributed by atoms with van der Waals surface area (Å²) >= 11 is 0. The molecular formula is C14H20N2O4. The van der Waals surface area contributed by atoms with Gasteiger partial charge in [0.2, 0.25) is 0 Å². The Morgan fingerprint density at radius 3 is 3.05 bits per heavy atom. The summed E-state index contributed by atoms with van der Waals surface area (Å²) in [5.74, 6) is 0.504. The molecule has 110 valence electrons. The highest BCUT2D eigenvalue weighted by atomic mass is 16.6. The maximum absolute atomic E-state index is 10.7. The van der Waals surface area contributed by atoms with Crippen molar-refractivity contribution in [3.8, 4) is 5.75 Å². The van der Waals surface area contributed by atoms with E-state index in [1.165, 1.54) is 12.1 Å². The van der Waals surface area contributed by atoms with E-state index in [4.69, 9.17) is 9.47 Å². The first kappa shape index (κ1) is 14.7. The second-order valence-electron chi connectivity index (χ2n) is 5.15. The molecule has 0 radical (unpaired) electrons. The first-order chi connectivity index (χ1) is 9.56. The third kappa shape index (κ3) is 3.91. The fraction of sp³-hybridized carbons (Fsp3) is 0.571. The molecule has 0 aromatic heterocycles. The van der Waals surface area contributed by atoms with Crippen LogP contribution in [0.3, 0.4) is 0 Å². The average molecular weight is 280 g/mol. The van der Waals surface area contributed by atoms with Crippen LogP contribution in [0, 0.1) is 10.1 Å². The molecule has 1 aromatic rings. The molecule has 1 aromatic carbocycles. The largest absolute Gasteiger partial charge is 0.491 e. The van der Waals surface area contributed by atoms with Crippen molar-refractivity contribution in [3.05, 3.63) is 34.4 Å². The number of nitro groups is 1. The molecular weight excluding hydrogens is 260 g/mol. The van der Waals surface area contributed by atoms with Gasteiger partial charge in [-0.05, 0) is 19.9 Å². The number of ether oxygens (including phenoxy) is 2. The van der Waals surface area contributed by atoms with Gasteiger partial charge in [-0.15, -0.1) is 0 Å². The highest BCUT2D eigenvalue weighted by Crippen LogP contribution is 2.20. The topological polar surface area (TPSA) is 64.8 Å². The molecule has 20 heavy (non-hydrogen) atoms. The van der Waals surface area contributed by atoms with Gasteiger partial charge in [0.1, 0.15) is 18.5 Å². The van der Waals surface area contributed by atoms with E-state index >= 15 is 0 Å². The van der Waals surface area contributed by atoms with Crippen molar-refractivity contribution in [2.45, 2.75) is 26.0 Å². The minimum absolute atomic E-state index is 0.00501. The van der Waals surface area contributed by atoms with Crippen molar-refractivity contribution in [1.82, 2.24) is 4.90 Å². The maximum Gasteiger partial charge on any atom is 0.273 e. The molecule has 1 aliphatic rings. The normalized spacial score (nSPS) is 20.1. The van der Waals surface area contributed by atoms with Crippen LogP contribution in [0.1, 0.15) is 13.8 Å². The van der Waals surface area contributed by atoms with Gasteiger partial charge in [0.25, 0.3) is 5.69 Å². The molecule has 1 atom stereocenters. The lowest BCUT2D eigenvalue weighted by Crippen LogP contribution is -2.47. The van der Waals surface area contributed by atoms with E-state index < -0.39 is 4.92 Å². The Labute approximate surface area is 118 Å². The molecule has 6 heteroatoms. The zero-order valence-electron chi connectivity index (χ0n) is 11.8. The molecule has 6 nitrogen and oxygen atoms in total. The Morgan fingerprint density at radius 1 is 1.55 bits per heavy atom. The van der Waals surface area contributed by atoms with E-state index in [9.17, 15) is 10.1 Å². The number of benzene rings is 1. The second-order valence-corrected chi connectivity index (χ2v) is 5.15. The highest BCUT2D eigenvalue weighted by molar-refractivity contribution is 5.37. The van der Waals surface area contributed by atoms with Gasteiger partial charge in [0, 0.05) is 25.2 Å². The van der Waals surface area contributed by atoms with Crippen LogP contribution in [0.2, 0.25) is 0 Å². The van der Waals surface area contributed by atoms with Crippen LogP contribution in [0.25, 0.3) is 0 Å². The molecule has 0 spiro atoms. The third-order valence-corrected chi connectivity index (χ3v) is 3.36. The van der Waals surface area contributed by atoms with Crippen LogP contribution in [-0.4, -0.2) is 48.3 Å². The molecule has 0 aliphatic carbocycles. The number of non-ortho nitro benzene ring substituents is 1. The van der Waals surface area contributed by atoms with Gasteiger partial charge in [-0.3, -0.25) is 15.0 Å². The molecule has 0 N–H and O–H groups in total. The van der Waals surface area contributed by atoms with Crippen molar-refractivity contribution < 1.29 is 14.4 Å². The molecule has 0 bridgehead atoms. The van der Waals surface area contributed by atoms with E-state index in [0.29, 0.717) is 25.0 Å². The summed E-state index contributed by atoms with van der Waals surface area (Å²) in [6, 6.07) is 6.71. The summed E-state index contributed by atoms with van der Waals surface area (Å²) in [4.78, 5) is 12.6. The van der Waals surface area contributed by atoms with Gasteiger partial charge in [0.15, 0.2) is 0 Å². The van der Waals surface area contributed by atoms with Crippen LogP contribution in [0.15, 0.2) is 24.3 Å². The van der Waals surface area contributed by atoms with E-state index in [2.05, 4.69) is 18.7 Å². The second kappa shape index (κ2) is 6.67. The van der Waals surface area contributed by atoms with Gasteiger partial charge >= 0.3 is 0 Å². The van der Waals surface area contributed by atoms with Gasteiger partial charge in [0.05, 0.1) is 17.6 Å². The Morgan fingerprint density at radius 2 is 2.35 bits per heavy atom. The Bertz CT molecular complexity index is 464. The average Bonchev–Trinajstić information content (AvgIpc) is 2.45. The quantitative estimate of drug-likeness (QED) is 0.610. The molecule has 1 heterocycles. The zero-order chi connectivity index (χ0) is 14.5. The summed E-state index contributed by atoms with van der Waals surface area (Å²) in [7, 11) is 0. The SMILES string of the molecule is CC(C)N1CCOC(COc2cccc([N+](=O)[O-])c2)C1. The monoisotopic (exact) mass is 280 g/mol. The number of hydrogen-bond acceptors (Lipinski definition) is 5. The number of hydrogen-bond donors (Lipinski definition) is 0. The van der Waals surface area contributed by atoms with Crippen LogP contribution >= 0.6 is 0 Å². The summed E-state index contributed by atoms with van der Waals surface area (Å²) < 4.78 is 11.3. The lowest BCUT2D eigenvalue weighted by molar-refractivity contribution is -0.384. The molecule has 0 amide bonds. The van der Waals surface area contributed by atoms with Gasteiger partial charge in [-0.25, -0.2) is 0 Å². The van der Waals surface area contributed by atoms with Crippen molar-refractivity contribution in [3.63, 3.8) is 0 Å². The predicted molar refractivity (Wildman–Crippen MR) is 75.0 cm³/mol. The lowest BCUT2D eigenvalue weighted by atomic mass is 10.2. The van der Waals surface area contributed by atoms with Gasteiger partial charge in [-0.1, -0.05) is 6.07 Å². The van der Waals surface area contributed by atoms with Gasteiger partial charge < -0.3 is 9.47 Å². The molecule has 2 rings (SSSR count). The van der Waals surface area contributed by atoms with Gasteiger partial charge in [-0.2, -0.15) is 0 Å². The summed E-state index contributed by atoms with van der Waals surface area (Å²) in [5, 5.41) is 10.7. The minimum atomic E-state index is -0.426. The fourth-order valence-corrected chi connectivity index (χ4v) is 2.19. The zero-order valence-corrected chi connectivity index (χ0v) is 11.8. The Kier molecular flexibility index (Phi) is 4.92. The number of rotatable bonds is 5. The van der Waals surface area contributed by atoms with Crippen molar-refractivity contribution in [2.75, 3.05) is 26.3 Å². The van der Waals surface area contributed by atoms with E-state index in [-0.39, 0.29) is 11.8 Å². The summed E-state index contributed by atoms with van der Waals surface area (Å²) in [6.07, 6.45) is 0.00501. The molecule has 1 aliphatic heterocycles. The molecule has 1 fully saturated rings. The molecule has 0 saturated carbocycles. The number of nitro benzene ring substituents is 1. The van der Waals surface area contributed by atoms with Crippen LogP contribution in [-0.2, 0) is 4.74 Å². The lowest BCUT2D eigenvalue weighted by Gasteiger charge is -2.35. The first-order valence-electron chi connectivity index (χ1n) is 6.79. The Hall–Kier alpha value is -1.66. The minimum Gasteiger partial charge on any atom is -0.491 e. The highest BCUT2D eigenvalue weighted by Gasteiger charge is 2.22. The van der Waals surface area contributed by atoms with Crippen LogP contribution < -0.4 is 4.74 Å².